The molecule has 0 amide bonds. The van der Waals surface area contributed by atoms with Gasteiger partial charge in [-0.15, -0.1) is 11.8 Å². The zero-order valence-corrected chi connectivity index (χ0v) is 14.1. The molecule has 0 spiro atoms. The van der Waals surface area contributed by atoms with Crippen molar-refractivity contribution in [3.63, 3.8) is 0 Å². The van der Waals surface area contributed by atoms with Gasteiger partial charge in [0, 0.05) is 41.7 Å². The molecule has 3 aromatic rings. The van der Waals surface area contributed by atoms with Gasteiger partial charge in [0.15, 0.2) is 0 Å². The number of pyridine rings is 1. The van der Waals surface area contributed by atoms with E-state index in [4.69, 9.17) is 0 Å². The van der Waals surface area contributed by atoms with Crippen LogP contribution in [0.2, 0.25) is 0 Å². The summed E-state index contributed by atoms with van der Waals surface area (Å²) in [5.74, 6) is 0.801. The van der Waals surface area contributed by atoms with E-state index in [0.717, 1.165) is 35.5 Å². The first-order valence-electron chi connectivity index (χ1n) is 7.90. The Morgan fingerprint density at radius 2 is 1.71 bits per heavy atom. The molecule has 24 heavy (non-hydrogen) atoms. The first-order valence-corrected chi connectivity index (χ1v) is 8.88. The maximum absolute atomic E-state index is 13.0. The average molecular weight is 338 g/mol. The van der Waals surface area contributed by atoms with Crippen molar-refractivity contribution in [2.75, 3.05) is 12.3 Å². The van der Waals surface area contributed by atoms with Crippen molar-refractivity contribution in [3.05, 3.63) is 84.4 Å². The molecular formula is C20H19FN2S. The summed E-state index contributed by atoms with van der Waals surface area (Å²) in [4.78, 5) is 5.58. The van der Waals surface area contributed by atoms with Gasteiger partial charge in [-0.2, -0.15) is 0 Å². The van der Waals surface area contributed by atoms with Crippen LogP contribution in [0.3, 0.4) is 0 Å². The molecule has 2 nitrogen and oxygen atoms in total. The quantitative estimate of drug-likeness (QED) is 0.496. The lowest BCUT2D eigenvalue weighted by Gasteiger charge is -2.07. The lowest BCUT2D eigenvalue weighted by atomic mass is 10.1. The molecular weight excluding hydrogens is 319 g/mol. The molecule has 0 radical (unpaired) electrons. The Morgan fingerprint density at radius 3 is 2.50 bits per heavy atom. The fourth-order valence-corrected chi connectivity index (χ4v) is 3.21. The van der Waals surface area contributed by atoms with E-state index in [1.165, 1.54) is 17.0 Å². The molecule has 0 unspecified atom stereocenters. The van der Waals surface area contributed by atoms with Crippen molar-refractivity contribution >= 4 is 11.8 Å². The van der Waals surface area contributed by atoms with Gasteiger partial charge in [0.1, 0.15) is 5.82 Å². The minimum atomic E-state index is -0.222. The number of aromatic nitrogens is 1. The van der Waals surface area contributed by atoms with E-state index in [-0.39, 0.29) is 5.82 Å². The maximum Gasteiger partial charge on any atom is 0.123 e. The van der Waals surface area contributed by atoms with E-state index < -0.39 is 0 Å². The van der Waals surface area contributed by atoms with E-state index in [1.54, 1.807) is 12.1 Å². The summed E-state index contributed by atoms with van der Waals surface area (Å²) in [5, 5.41) is 3.44. The highest BCUT2D eigenvalue weighted by atomic mass is 32.2. The standard InChI is InChI=1S/C20H19FN2S/c21-19-8-6-17(7-9-19)18-12-16(14-23-15-18)13-22-10-11-24-20-4-2-1-3-5-20/h1-9,12,14-15,22H,10-11,13H2. The smallest absolute Gasteiger partial charge is 0.123 e. The Labute approximate surface area is 146 Å². The molecule has 0 saturated heterocycles. The molecule has 0 aliphatic carbocycles. The van der Waals surface area contributed by atoms with E-state index in [2.05, 4.69) is 40.6 Å². The molecule has 0 atom stereocenters. The normalized spacial score (nSPS) is 10.7. The highest BCUT2D eigenvalue weighted by Crippen LogP contribution is 2.20. The van der Waals surface area contributed by atoms with Crippen molar-refractivity contribution in [2.45, 2.75) is 11.4 Å². The molecule has 1 aromatic heterocycles. The molecule has 0 bridgehead atoms. The van der Waals surface area contributed by atoms with Gasteiger partial charge in [0.05, 0.1) is 0 Å². The van der Waals surface area contributed by atoms with Crippen LogP contribution in [0, 0.1) is 5.82 Å². The fourth-order valence-electron chi connectivity index (χ4n) is 2.37. The number of benzene rings is 2. The van der Waals surface area contributed by atoms with Crippen LogP contribution in [0.15, 0.2) is 78.0 Å². The largest absolute Gasteiger partial charge is 0.312 e. The van der Waals surface area contributed by atoms with Crippen LogP contribution in [-0.4, -0.2) is 17.3 Å². The second kappa shape index (κ2) is 8.62. The van der Waals surface area contributed by atoms with Gasteiger partial charge >= 0.3 is 0 Å². The summed E-state index contributed by atoms with van der Waals surface area (Å²) in [6.07, 6.45) is 3.67. The number of thioether (sulfide) groups is 1. The lowest BCUT2D eigenvalue weighted by Crippen LogP contribution is -2.16. The van der Waals surface area contributed by atoms with Crippen LogP contribution >= 0.6 is 11.8 Å². The summed E-state index contributed by atoms with van der Waals surface area (Å²) in [7, 11) is 0. The molecule has 4 heteroatoms. The minimum Gasteiger partial charge on any atom is -0.312 e. The molecule has 0 aliphatic rings. The minimum absolute atomic E-state index is 0.222. The van der Waals surface area contributed by atoms with Crippen molar-refractivity contribution in [3.8, 4) is 11.1 Å². The Hall–Kier alpha value is -2.17. The van der Waals surface area contributed by atoms with E-state index in [0.29, 0.717) is 0 Å². The number of hydrogen-bond donors (Lipinski definition) is 1. The topological polar surface area (TPSA) is 24.9 Å². The average Bonchev–Trinajstić information content (AvgIpc) is 2.63. The van der Waals surface area contributed by atoms with Gasteiger partial charge in [-0.1, -0.05) is 30.3 Å². The molecule has 3 rings (SSSR count). The van der Waals surface area contributed by atoms with Gasteiger partial charge in [-0.3, -0.25) is 4.98 Å². The zero-order valence-electron chi connectivity index (χ0n) is 13.3. The molecule has 1 N–H and O–H groups in total. The summed E-state index contributed by atoms with van der Waals surface area (Å²) >= 11 is 1.84. The van der Waals surface area contributed by atoms with Crippen LogP contribution < -0.4 is 5.32 Å². The summed E-state index contributed by atoms with van der Waals surface area (Å²) in [6, 6.07) is 19.0. The van der Waals surface area contributed by atoms with Gasteiger partial charge < -0.3 is 5.32 Å². The molecule has 2 aromatic carbocycles. The first-order chi connectivity index (χ1) is 11.8. The fraction of sp³-hybridized carbons (Fsp3) is 0.150. The second-order valence-electron chi connectivity index (χ2n) is 5.43. The van der Waals surface area contributed by atoms with Crippen molar-refractivity contribution < 1.29 is 4.39 Å². The molecule has 1 heterocycles. The Kier molecular flexibility index (Phi) is 5.99. The Balaban J connectivity index is 1.49. The number of halogens is 1. The van der Waals surface area contributed by atoms with Crippen LogP contribution in [0.25, 0.3) is 11.1 Å². The van der Waals surface area contributed by atoms with Gasteiger partial charge in [-0.05, 0) is 41.5 Å². The monoisotopic (exact) mass is 338 g/mol. The van der Waals surface area contributed by atoms with E-state index in [9.17, 15) is 4.39 Å². The molecule has 122 valence electrons. The van der Waals surface area contributed by atoms with Gasteiger partial charge in [0.25, 0.3) is 0 Å². The van der Waals surface area contributed by atoms with Crippen LogP contribution in [0.4, 0.5) is 4.39 Å². The predicted octanol–water partition coefficient (Wildman–Crippen LogP) is 4.77. The summed E-state index contributed by atoms with van der Waals surface area (Å²) < 4.78 is 13.0. The SMILES string of the molecule is Fc1ccc(-c2cncc(CNCCSc3ccccc3)c2)cc1. The highest BCUT2D eigenvalue weighted by Gasteiger charge is 2.01. The van der Waals surface area contributed by atoms with Crippen molar-refractivity contribution in [1.29, 1.82) is 0 Å². The maximum atomic E-state index is 13.0. The van der Waals surface area contributed by atoms with Crippen LogP contribution in [-0.2, 0) is 6.54 Å². The van der Waals surface area contributed by atoms with E-state index >= 15 is 0 Å². The van der Waals surface area contributed by atoms with E-state index in [1.807, 2.05) is 30.2 Å². The number of nitrogens with zero attached hydrogens (tertiary/aromatic N) is 1. The molecule has 0 fully saturated rings. The Bertz CT molecular complexity index is 760. The van der Waals surface area contributed by atoms with Gasteiger partial charge in [0.2, 0.25) is 0 Å². The third-order valence-electron chi connectivity index (χ3n) is 3.59. The Morgan fingerprint density at radius 1 is 0.917 bits per heavy atom. The number of nitrogens with one attached hydrogen (secondary N) is 1. The van der Waals surface area contributed by atoms with Crippen molar-refractivity contribution in [1.82, 2.24) is 10.3 Å². The van der Waals surface area contributed by atoms with Crippen LogP contribution in [0.1, 0.15) is 5.56 Å². The molecule has 0 saturated carbocycles. The van der Waals surface area contributed by atoms with Crippen LogP contribution in [0.5, 0.6) is 0 Å². The predicted molar refractivity (Wildman–Crippen MR) is 98.5 cm³/mol. The first kappa shape index (κ1) is 16.7. The van der Waals surface area contributed by atoms with Crippen molar-refractivity contribution in [2.24, 2.45) is 0 Å². The zero-order chi connectivity index (χ0) is 16.6. The van der Waals surface area contributed by atoms with Gasteiger partial charge in [-0.25, -0.2) is 4.39 Å². The summed E-state index contributed by atoms with van der Waals surface area (Å²) in [5.41, 5.74) is 3.11. The third kappa shape index (κ3) is 4.91. The number of rotatable bonds is 7. The lowest BCUT2D eigenvalue weighted by molar-refractivity contribution is 0.628. The highest BCUT2D eigenvalue weighted by molar-refractivity contribution is 7.99. The second-order valence-corrected chi connectivity index (χ2v) is 6.60. The number of hydrogen-bond acceptors (Lipinski definition) is 3. The summed E-state index contributed by atoms with van der Waals surface area (Å²) in [6.45, 7) is 1.71. The molecule has 0 aliphatic heterocycles. The third-order valence-corrected chi connectivity index (χ3v) is 4.61.